The van der Waals surface area contributed by atoms with Crippen LogP contribution in [0.5, 0.6) is 5.75 Å². The molecule has 0 saturated heterocycles. The number of fused-ring (bicyclic) bond motifs is 1. The van der Waals surface area contributed by atoms with Gasteiger partial charge in [0.15, 0.2) is 0 Å². The SMILES string of the molecule is COc1ccc2c(c1)C(=O)C(=O)N2Cc1cc(C)on1. The quantitative estimate of drug-likeness (QED) is 0.795. The molecule has 0 spiro atoms. The van der Waals surface area contributed by atoms with Gasteiger partial charge < -0.3 is 9.26 Å². The molecule has 1 amide bonds. The Morgan fingerprint density at radius 2 is 2.10 bits per heavy atom. The molecular weight excluding hydrogens is 260 g/mol. The van der Waals surface area contributed by atoms with Crippen LogP contribution in [0.1, 0.15) is 21.8 Å². The molecule has 0 N–H and O–H groups in total. The van der Waals surface area contributed by atoms with Gasteiger partial charge in [-0.15, -0.1) is 0 Å². The molecule has 0 saturated carbocycles. The summed E-state index contributed by atoms with van der Waals surface area (Å²) in [4.78, 5) is 25.4. The fourth-order valence-corrected chi connectivity index (χ4v) is 2.22. The van der Waals surface area contributed by atoms with E-state index in [1.165, 1.54) is 12.0 Å². The van der Waals surface area contributed by atoms with Gasteiger partial charge in [-0.2, -0.15) is 0 Å². The molecule has 102 valence electrons. The van der Waals surface area contributed by atoms with Gasteiger partial charge in [-0.1, -0.05) is 5.16 Å². The molecule has 2 aromatic rings. The number of amides is 1. The second-order valence-corrected chi connectivity index (χ2v) is 4.53. The van der Waals surface area contributed by atoms with Crippen molar-refractivity contribution in [2.45, 2.75) is 13.5 Å². The Hall–Kier alpha value is -2.63. The smallest absolute Gasteiger partial charge is 0.299 e. The van der Waals surface area contributed by atoms with E-state index < -0.39 is 11.7 Å². The lowest BCUT2D eigenvalue weighted by atomic mass is 10.1. The molecule has 3 rings (SSSR count). The normalized spacial score (nSPS) is 13.8. The third kappa shape index (κ3) is 1.85. The van der Waals surface area contributed by atoms with E-state index in [1.54, 1.807) is 31.2 Å². The lowest BCUT2D eigenvalue weighted by Gasteiger charge is -2.14. The lowest BCUT2D eigenvalue weighted by Crippen LogP contribution is -2.29. The minimum atomic E-state index is -0.561. The number of hydrogen-bond donors (Lipinski definition) is 0. The van der Waals surface area contributed by atoms with Crippen molar-refractivity contribution in [3.05, 3.63) is 41.3 Å². The number of carbonyl (C=O) groups is 2. The van der Waals surface area contributed by atoms with Crippen molar-refractivity contribution in [1.29, 1.82) is 0 Å². The number of hydrogen-bond acceptors (Lipinski definition) is 5. The molecule has 1 aromatic heterocycles. The molecule has 6 heteroatoms. The van der Waals surface area contributed by atoms with E-state index in [1.807, 2.05) is 0 Å². The molecule has 0 aliphatic carbocycles. The number of nitrogens with zero attached hydrogens (tertiary/aromatic N) is 2. The van der Waals surface area contributed by atoms with Crippen LogP contribution in [-0.2, 0) is 11.3 Å². The summed E-state index contributed by atoms with van der Waals surface area (Å²) in [5.74, 6) is 0.116. The molecule has 0 unspecified atom stereocenters. The maximum Gasteiger partial charge on any atom is 0.299 e. The van der Waals surface area contributed by atoms with Gasteiger partial charge in [-0.25, -0.2) is 0 Å². The zero-order valence-electron chi connectivity index (χ0n) is 11.0. The van der Waals surface area contributed by atoms with Gasteiger partial charge in [0.2, 0.25) is 0 Å². The number of Topliss-reactive ketones (excluding diaryl/α,β-unsaturated/α-hetero) is 1. The van der Waals surface area contributed by atoms with Crippen molar-refractivity contribution >= 4 is 17.4 Å². The molecule has 6 nitrogen and oxygen atoms in total. The Kier molecular flexibility index (Phi) is 2.78. The van der Waals surface area contributed by atoms with E-state index in [4.69, 9.17) is 9.26 Å². The van der Waals surface area contributed by atoms with Crippen molar-refractivity contribution in [2.24, 2.45) is 0 Å². The average Bonchev–Trinajstić information content (AvgIpc) is 2.96. The summed E-state index contributed by atoms with van der Waals surface area (Å²) in [6.45, 7) is 1.98. The number of methoxy groups -OCH3 is 1. The molecule has 2 heterocycles. The van der Waals surface area contributed by atoms with E-state index in [2.05, 4.69) is 5.16 Å². The van der Waals surface area contributed by atoms with Crippen molar-refractivity contribution in [3.63, 3.8) is 0 Å². The number of ether oxygens (including phenoxy) is 1. The summed E-state index contributed by atoms with van der Waals surface area (Å²) in [6, 6.07) is 6.72. The summed E-state index contributed by atoms with van der Waals surface area (Å²) in [5.41, 5.74) is 1.53. The molecule has 0 bridgehead atoms. The topological polar surface area (TPSA) is 72.6 Å². The largest absolute Gasteiger partial charge is 0.497 e. The first-order chi connectivity index (χ1) is 9.60. The first-order valence-electron chi connectivity index (χ1n) is 6.06. The van der Waals surface area contributed by atoms with E-state index in [9.17, 15) is 9.59 Å². The van der Waals surface area contributed by atoms with Crippen LogP contribution in [0.4, 0.5) is 5.69 Å². The minimum absolute atomic E-state index is 0.210. The fourth-order valence-electron chi connectivity index (χ4n) is 2.22. The summed E-state index contributed by atoms with van der Waals surface area (Å²) in [5, 5.41) is 3.84. The van der Waals surface area contributed by atoms with Gasteiger partial charge in [-0.3, -0.25) is 14.5 Å². The standard InChI is InChI=1S/C14H12N2O4/c1-8-5-9(15-20-8)7-16-12-4-3-10(19-2)6-11(12)13(17)14(16)18/h3-6H,7H2,1-2H3. The first kappa shape index (κ1) is 12.4. The van der Waals surface area contributed by atoms with Crippen molar-refractivity contribution < 1.29 is 18.8 Å². The zero-order chi connectivity index (χ0) is 14.3. The van der Waals surface area contributed by atoms with Crippen LogP contribution in [0.2, 0.25) is 0 Å². The lowest BCUT2D eigenvalue weighted by molar-refractivity contribution is -0.114. The van der Waals surface area contributed by atoms with Crippen LogP contribution < -0.4 is 9.64 Å². The van der Waals surface area contributed by atoms with Crippen molar-refractivity contribution in [3.8, 4) is 5.75 Å². The Balaban J connectivity index is 1.98. The summed E-state index contributed by atoms with van der Waals surface area (Å²) < 4.78 is 10.0. The monoisotopic (exact) mass is 272 g/mol. The molecule has 1 aliphatic heterocycles. The highest BCUT2D eigenvalue weighted by molar-refractivity contribution is 6.52. The first-order valence-corrected chi connectivity index (χ1v) is 6.06. The maximum atomic E-state index is 12.1. The number of anilines is 1. The second-order valence-electron chi connectivity index (χ2n) is 4.53. The molecule has 20 heavy (non-hydrogen) atoms. The molecule has 0 radical (unpaired) electrons. The Labute approximate surface area is 114 Å². The van der Waals surface area contributed by atoms with E-state index in [0.29, 0.717) is 28.5 Å². The second kappa shape index (κ2) is 4.48. The highest BCUT2D eigenvalue weighted by Crippen LogP contribution is 2.32. The molecular formula is C14H12N2O4. The number of rotatable bonds is 3. The van der Waals surface area contributed by atoms with Crippen LogP contribution in [0.3, 0.4) is 0 Å². The van der Waals surface area contributed by atoms with E-state index in [0.717, 1.165) is 0 Å². The van der Waals surface area contributed by atoms with Crippen LogP contribution >= 0.6 is 0 Å². The number of benzene rings is 1. The van der Waals surface area contributed by atoms with Gasteiger partial charge in [0.05, 0.1) is 24.9 Å². The fraction of sp³-hybridized carbons (Fsp3) is 0.214. The molecule has 1 aromatic carbocycles. The third-order valence-corrected chi connectivity index (χ3v) is 3.18. The molecule has 0 atom stereocenters. The van der Waals surface area contributed by atoms with Crippen molar-refractivity contribution in [1.82, 2.24) is 5.16 Å². The Bertz CT molecular complexity index is 705. The number of aromatic nitrogens is 1. The van der Waals surface area contributed by atoms with Crippen LogP contribution in [0.15, 0.2) is 28.8 Å². The Morgan fingerprint density at radius 1 is 1.30 bits per heavy atom. The van der Waals surface area contributed by atoms with Gasteiger partial charge >= 0.3 is 0 Å². The third-order valence-electron chi connectivity index (χ3n) is 3.18. The van der Waals surface area contributed by atoms with E-state index in [-0.39, 0.29) is 6.54 Å². The number of aryl methyl sites for hydroxylation is 1. The number of ketones is 1. The van der Waals surface area contributed by atoms with Crippen molar-refractivity contribution in [2.75, 3.05) is 12.0 Å². The highest BCUT2D eigenvalue weighted by atomic mass is 16.5. The predicted octanol–water partition coefficient (Wildman–Crippen LogP) is 1.72. The summed E-state index contributed by atoms with van der Waals surface area (Å²) >= 11 is 0. The van der Waals surface area contributed by atoms with Gasteiger partial charge in [0.25, 0.3) is 11.7 Å². The van der Waals surface area contributed by atoms with Gasteiger partial charge in [0.1, 0.15) is 17.2 Å². The summed E-state index contributed by atoms with van der Waals surface area (Å²) in [7, 11) is 1.51. The van der Waals surface area contributed by atoms with E-state index >= 15 is 0 Å². The molecule has 0 fully saturated rings. The average molecular weight is 272 g/mol. The van der Waals surface area contributed by atoms with Crippen LogP contribution in [0.25, 0.3) is 0 Å². The predicted molar refractivity (Wildman–Crippen MR) is 69.8 cm³/mol. The maximum absolute atomic E-state index is 12.1. The summed E-state index contributed by atoms with van der Waals surface area (Å²) in [6.07, 6.45) is 0. The highest BCUT2D eigenvalue weighted by Gasteiger charge is 2.36. The minimum Gasteiger partial charge on any atom is -0.497 e. The number of carbonyl (C=O) groups excluding carboxylic acids is 2. The Morgan fingerprint density at radius 3 is 2.75 bits per heavy atom. The van der Waals surface area contributed by atoms with Gasteiger partial charge in [-0.05, 0) is 25.1 Å². The zero-order valence-corrected chi connectivity index (χ0v) is 11.0. The van der Waals surface area contributed by atoms with Gasteiger partial charge in [0, 0.05) is 6.07 Å². The molecule has 1 aliphatic rings. The van der Waals surface area contributed by atoms with Crippen LogP contribution in [0, 0.1) is 6.92 Å². The van der Waals surface area contributed by atoms with Crippen LogP contribution in [-0.4, -0.2) is 24.0 Å².